The van der Waals surface area contributed by atoms with Crippen molar-refractivity contribution in [2.75, 3.05) is 0 Å². The van der Waals surface area contributed by atoms with Crippen molar-refractivity contribution in [3.05, 3.63) is 69.7 Å². The van der Waals surface area contributed by atoms with Gasteiger partial charge in [0.15, 0.2) is 0 Å². The third-order valence-electron chi connectivity index (χ3n) is 2.07. The molecule has 10 heteroatoms. The molecule has 0 N–H and O–H groups in total. The SMILES string of the molecule is Brc1cccc(Br)n1.C.CC#N.N#CCc1cccc(Br)n1.[CH2-]C#N.[CH2-]CCC.[Li+].[Li+]. The number of hydrogen-bond donors (Lipinski definition) is 0. The smallest absolute Gasteiger partial charge is 0.343 e. The Kier molecular flexibility index (Phi) is 52.0. The molecule has 0 saturated heterocycles. The van der Waals surface area contributed by atoms with E-state index in [1.54, 1.807) is 6.07 Å². The second kappa shape index (κ2) is 36.6. The maximum Gasteiger partial charge on any atom is 1.00 e. The van der Waals surface area contributed by atoms with Gasteiger partial charge >= 0.3 is 37.7 Å². The van der Waals surface area contributed by atoms with Crippen molar-refractivity contribution in [2.45, 2.75) is 40.5 Å². The summed E-state index contributed by atoms with van der Waals surface area (Å²) in [6.45, 7) is 9.94. The molecule has 0 spiro atoms. The van der Waals surface area contributed by atoms with Gasteiger partial charge in [-0.1, -0.05) is 32.9 Å². The third-order valence-corrected chi connectivity index (χ3v) is 3.39. The van der Waals surface area contributed by atoms with E-state index in [0.29, 0.717) is 6.42 Å². The Hall–Kier alpha value is -0.725. The number of pyridine rings is 2. The molecule has 0 aromatic carbocycles. The molecule has 2 heterocycles. The fourth-order valence-electron chi connectivity index (χ4n) is 1.01. The predicted octanol–water partition coefficient (Wildman–Crippen LogP) is 1.66. The summed E-state index contributed by atoms with van der Waals surface area (Å²) in [6.07, 6.45) is 2.65. The largest absolute Gasteiger partial charge is 1.00 e. The van der Waals surface area contributed by atoms with Gasteiger partial charge in [-0.05, 0) is 72.1 Å². The first kappa shape index (κ1) is 44.0. The molecule has 0 aliphatic carbocycles. The van der Waals surface area contributed by atoms with E-state index < -0.39 is 0 Å². The molecule has 31 heavy (non-hydrogen) atoms. The molecular weight excluding hydrogens is 576 g/mol. The van der Waals surface area contributed by atoms with Crippen LogP contribution in [0.4, 0.5) is 0 Å². The molecule has 0 aliphatic rings. The summed E-state index contributed by atoms with van der Waals surface area (Å²) in [5.74, 6) is 0. The number of nitriles is 3. The van der Waals surface area contributed by atoms with Gasteiger partial charge in [-0.3, -0.25) is 0 Å². The number of rotatable bonds is 2. The van der Waals surface area contributed by atoms with Crippen molar-refractivity contribution in [3.8, 4) is 18.2 Å². The van der Waals surface area contributed by atoms with Crippen LogP contribution in [-0.2, 0) is 6.42 Å². The third kappa shape index (κ3) is 40.2. The van der Waals surface area contributed by atoms with Gasteiger partial charge < -0.3 is 13.8 Å². The summed E-state index contributed by atoms with van der Waals surface area (Å²) < 4.78 is 2.49. The van der Waals surface area contributed by atoms with Crippen molar-refractivity contribution >= 4 is 47.8 Å². The molecule has 0 aliphatic heterocycles. The van der Waals surface area contributed by atoms with Crippen molar-refractivity contribution in [1.82, 2.24) is 9.97 Å². The zero-order chi connectivity index (χ0) is 22.2. The van der Waals surface area contributed by atoms with Crippen molar-refractivity contribution in [1.29, 1.82) is 15.8 Å². The van der Waals surface area contributed by atoms with E-state index in [2.05, 4.69) is 78.5 Å². The minimum absolute atomic E-state index is 0. The molecule has 0 radical (unpaired) electrons. The first-order chi connectivity index (χ1) is 13.4. The standard InChI is InChI=1S/C7H5BrN2.C5H3Br2N.C4H9.C2H3N.C2H2N.CH4.2Li/c8-7-3-1-2-6(10-7)4-5-9;6-4-2-1-3-5(7)8-4;1-3-4-2;2*1-2-3;;;/h1-3H,4H2;1-3H;1,3-4H2,2H3;1H3;1H2;1H4;;/q;;-1;;-1;;2*+1. The fourth-order valence-corrected chi connectivity index (χ4v) is 2.32. The molecule has 2 aromatic rings. The summed E-state index contributed by atoms with van der Waals surface area (Å²) in [5.41, 5.74) is 0.803. The van der Waals surface area contributed by atoms with Gasteiger partial charge in [0, 0.05) is 6.92 Å². The van der Waals surface area contributed by atoms with Crippen LogP contribution in [0, 0.1) is 47.8 Å². The molecule has 0 unspecified atom stereocenters. The summed E-state index contributed by atoms with van der Waals surface area (Å²) >= 11 is 9.65. The number of halogens is 3. The fraction of sp³-hybridized carbons (Fsp3) is 0.286. The van der Waals surface area contributed by atoms with Crippen molar-refractivity contribution < 1.29 is 37.7 Å². The second-order valence-corrected chi connectivity index (χ2v) is 6.74. The molecule has 0 fully saturated rings. The number of unbranched alkanes of at least 4 members (excludes halogenated alkanes) is 1. The van der Waals surface area contributed by atoms with Crippen LogP contribution >= 0.6 is 47.8 Å². The summed E-state index contributed by atoms with van der Waals surface area (Å²) in [6, 6.07) is 16.5. The topological polar surface area (TPSA) is 97.2 Å². The van der Waals surface area contributed by atoms with Gasteiger partial charge in [0.1, 0.15) is 13.8 Å². The van der Waals surface area contributed by atoms with Crippen LogP contribution in [0.2, 0.25) is 0 Å². The van der Waals surface area contributed by atoms with Crippen LogP contribution in [0.25, 0.3) is 0 Å². The maximum absolute atomic E-state index is 8.31. The van der Waals surface area contributed by atoms with E-state index in [1.165, 1.54) is 19.4 Å². The molecule has 0 bridgehead atoms. The van der Waals surface area contributed by atoms with E-state index in [4.69, 9.17) is 15.8 Å². The number of aromatic nitrogens is 2. The van der Waals surface area contributed by atoms with Crippen LogP contribution in [0.3, 0.4) is 0 Å². The average Bonchev–Trinajstić information content (AvgIpc) is 2.64. The summed E-state index contributed by atoms with van der Waals surface area (Å²) in [4.78, 5) is 8.06. The van der Waals surface area contributed by atoms with E-state index in [9.17, 15) is 0 Å². The van der Waals surface area contributed by atoms with Gasteiger partial charge in [-0.15, -0.1) is 6.07 Å². The van der Waals surface area contributed by atoms with Gasteiger partial charge in [0.05, 0.1) is 24.3 Å². The van der Waals surface area contributed by atoms with Crippen LogP contribution in [0.1, 0.15) is 39.8 Å². The minimum atomic E-state index is 0. The molecule has 2 aromatic heterocycles. The van der Waals surface area contributed by atoms with Crippen molar-refractivity contribution in [2.24, 2.45) is 0 Å². The minimum Gasteiger partial charge on any atom is -0.343 e. The average molecular weight is 602 g/mol. The first-order valence-electron chi connectivity index (χ1n) is 7.89. The quantitative estimate of drug-likeness (QED) is 0.296. The Bertz CT molecular complexity index is 726. The Balaban J connectivity index is -0.0000000674. The van der Waals surface area contributed by atoms with Crippen LogP contribution in [0.15, 0.2) is 50.2 Å². The predicted molar refractivity (Wildman–Crippen MR) is 130 cm³/mol. The molecule has 158 valence electrons. The zero-order valence-corrected chi connectivity index (χ0v) is 22.6. The second-order valence-electron chi connectivity index (χ2n) is 4.30. The maximum atomic E-state index is 8.31. The Morgan fingerprint density at radius 2 is 1.23 bits per heavy atom. The molecule has 0 amide bonds. The van der Waals surface area contributed by atoms with Gasteiger partial charge in [0.2, 0.25) is 0 Å². The van der Waals surface area contributed by atoms with Crippen LogP contribution in [0.5, 0.6) is 0 Å². The van der Waals surface area contributed by atoms with Crippen LogP contribution in [-0.4, -0.2) is 9.97 Å². The van der Waals surface area contributed by atoms with E-state index >= 15 is 0 Å². The van der Waals surface area contributed by atoms with Gasteiger partial charge in [-0.2, -0.15) is 16.9 Å². The van der Waals surface area contributed by atoms with Crippen molar-refractivity contribution in [3.63, 3.8) is 0 Å². The van der Waals surface area contributed by atoms with E-state index in [0.717, 1.165) is 25.9 Å². The van der Waals surface area contributed by atoms with Gasteiger partial charge in [-0.25, -0.2) is 15.2 Å². The normalized spacial score (nSPS) is 6.68. The zero-order valence-electron chi connectivity index (χ0n) is 17.9. The first-order valence-corrected chi connectivity index (χ1v) is 10.3. The Morgan fingerprint density at radius 1 is 0.903 bits per heavy atom. The number of nitrogens with zero attached hydrogens (tertiary/aromatic N) is 5. The summed E-state index contributed by atoms with van der Waals surface area (Å²) in [5, 5.41) is 22.8. The number of hydrogen-bond acceptors (Lipinski definition) is 5. The van der Waals surface area contributed by atoms with Crippen LogP contribution < -0.4 is 37.7 Å². The molecule has 0 saturated carbocycles. The van der Waals surface area contributed by atoms with Gasteiger partial charge in [0.25, 0.3) is 0 Å². The molecule has 0 atom stereocenters. The van der Waals surface area contributed by atoms with E-state index in [1.807, 2.05) is 42.5 Å². The monoisotopic (exact) mass is 599 g/mol. The molecular formula is C21H26Br3Li2N5. The summed E-state index contributed by atoms with van der Waals surface area (Å²) in [7, 11) is 0. The Morgan fingerprint density at radius 3 is 1.45 bits per heavy atom. The van der Waals surface area contributed by atoms with E-state index in [-0.39, 0.29) is 45.1 Å². The molecule has 2 rings (SSSR count). The Labute approximate surface area is 237 Å². The molecule has 5 nitrogen and oxygen atoms in total.